The van der Waals surface area contributed by atoms with Gasteiger partial charge in [0, 0.05) is 17.1 Å². The van der Waals surface area contributed by atoms with Gasteiger partial charge in [-0.3, -0.25) is 10.2 Å². The summed E-state index contributed by atoms with van der Waals surface area (Å²) in [5.74, 6) is 0.607. The number of rotatable bonds is 4. The third-order valence-electron chi connectivity index (χ3n) is 3.84. The van der Waals surface area contributed by atoms with Crippen LogP contribution in [0, 0.1) is 6.92 Å². The van der Waals surface area contributed by atoms with Crippen molar-refractivity contribution in [1.29, 1.82) is 0 Å². The zero-order chi connectivity index (χ0) is 16.4. The Balaban J connectivity index is 1.75. The maximum atomic E-state index is 12.4. The summed E-state index contributed by atoms with van der Waals surface area (Å²) in [6, 6.07) is 9.53. The van der Waals surface area contributed by atoms with Crippen molar-refractivity contribution in [3.05, 3.63) is 46.6 Å². The summed E-state index contributed by atoms with van der Waals surface area (Å²) in [5, 5.41) is 8.09. The van der Waals surface area contributed by atoms with E-state index in [1.165, 1.54) is 0 Å². The SMILES string of the molecule is Cc1cc(NC(=O)C2CC(C)NN2)n(Cc2ccccc2Cl)n1. The smallest absolute Gasteiger partial charge is 0.244 e. The van der Waals surface area contributed by atoms with Crippen molar-refractivity contribution < 1.29 is 4.79 Å². The second-order valence-corrected chi connectivity index (χ2v) is 6.29. The average Bonchev–Trinajstić information content (AvgIpc) is 3.08. The van der Waals surface area contributed by atoms with Crippen molar-refractivity contribution in [3.8, 4) is 0 Å². The van der Waals surface area contributed by atoms with Crippen LogP contribution in [-0.4, -0.2) is 27.8 Å². The fourth-order valence-corrected chi connectivity index (χ4v) is 2.85. The third kappa shape index (κ3) is 3.72. The van der Waals surface area contributed by atoms with Crippen LogP contribution in [0.1, 0.15) is 24.6 Å². The van der Waals surface area contributed by atoms with Crippen LogP contribution in [0.15, 0.2) is 30.3 Å². The molecule has 2 atom stereocenters. The van der Waals surface area contributed by atoms with Crippen molar-refractivity contribution in [2.24, 2.45) is 0 Å². The molecule has 7 heteroatoms. The zero-order valence-corrected chi connectivity index (χ0v) is 13.9. The van der Waals surface area contributed by atoms with Crippen LogP contribution >= 0.6 is 11.6 Å². The highest BCUT2D eigenvalue weighted by molar-refractivity contribution is 6.31. The van der Waals surface area contributed by atoms with Gasteiger partial charge >= 0.3 is 0 Å². The van der Waals surface area contributed by atoms with E-state index < -0.39 is 0 Å². The fourth-order valence-electron chi connectivity index (χ4n) is 2.65. The van der Waals surface area contributed by atoms with Gasteiger partial charge in [0.25, 0.3) is 0 Å². The number of halogens is 1. The standard InChI is InChI=1S/C16H20ClN5O/c1-10-7-14(20-19-10)16(23)18-15-8-11(2)21-22(15)9-12-5-3-4-6-13(12)17/h3-6,8,10,14,19-20H,7,9H2,1-2H3,(H,18,23). The van der Waals surface area contributed by atoms with Crippen molar-refractivity contribution >= 4 is 23.3 Å². The highest BCUT2D eigenvalue weighted by Gasteiger charge is 2.27. The van der Waals surface area contributed by atoms with Crippen molar-refractivity contribution in [1.82, 2.24) is 20.6 Å². The molecule has 3 N–H and O–H groups in total. The molecule has 2 unspecified atom stereocenters. The summed E-state index contributed by atoms with van der Waals surface area (Å²) in [4.78, 5) is 12.4. The number of nitrogens with zero attached hydrogens (tertiary/aromatic N) is 2. The molecule has 6 nitrogen and oxygen atoms in total. The van der Waals surface area contributed by atoms with E-state index in [-0.39, 0.29) is 18.0 Å². The number of hydrazine groups is 1. The maximum absolute atomic E-state index is 12.4. The van der Waals surface area contributed by atoms with Crippen molar-refractivity contribution in [2.45, 2.75) is 38.9 Å². The number of aryl methyl sites for hydroxylation is 1. The molecule has 2 heterocycles. The molecule has 2 aromatic rings. The van der Waals surface area contributed by atoms with Crippen LogP contribution in [0.5, 0.6) is 0 Å². The summed E-state index contributed by atoms with van der Waals surface area (Å²) in [7, 11) is 0. The van der Waals surface area contributed by atoms with Crippen LogP contribution in [0.3, 0.4) is 0 Å². The topological polar surface area (TPSA) is 71.0 Å². The molecule has 1 aromatic carbocycles. The monoisotopic (exact) mass is 333 g/mol. The Bertz CT molecular complexity index is 714. The Labute approximate surface area is 140 Å². The molecule has 0 spiro atoms. The van der Waals surface area contributed by atoms with E-state index in [2.05, 4.69) is 21.3 Å². The van der Waals surface area contributed by atoms with Crippen LogP contribution in [0.25, 0.3) is 0 Å². The van der Waals surface area contributed by atoms with Crippen molar-refractivity contribution in [2.75, 3.05) is 5.32 Å². The Kier molecular flexibility index (Phi) is 4.66. The molecule has 1 aliphatic rings. The van der Waals surface area contributed by atoms with Gasteiger partial charge in [0.15, 0.2) is 0 Å². The van der Waals surface area contributed by atoms with Gasteiger partial charge in [0.05, 0.1) is 12.2 Å². The largest absolute Gasteiger partial charge is 0.309 e. The van der Waals surface area contributed by atoms with Gasteiger partial charge < -0.3 is 5.32 Å². The number of benzene rings is 1. The molecule has 0 saturated carbocycles. The molecule has 1 amide bonds. The number of amides is 1. The second-order valence-electron chi connectivity index (χ2n) is 5.89. The molecule has 1 aromatic heterocycles. The Morgan fingerprint density at radius 3 is 2.91 bits per heavy atom. The number of carbonyl (C=O) groups is 1. The molecule has 122 valence electrons. The fraction of sp³-hybridized carbons (Fsp3) is 0.375. The highest BCUT2D eigenvalue weighted by Crippen LogP contribution is 2.19. The van der Waals surface area contributed by atoms with Crippen LogP contribution in [-0.2, 0) is 11.3 Å². The van der Waals surface area contributed by atoms with Crippen molar-refractivity contribution in [3.63, 3.8) is 0 Å². The quantitative estimate of drug-likeness (QED) is 0.801. The van der Waals surface area contributed by atoms with E-state index in [9.17, 15) is 4.79 Å². The lowest BCUT2D eigenvalue weighted by molar-refractivity contribution is -0.117. The molecule has 1 fully saturated rings. The van der Waals surface area contributed by atoms with E-state index >= 15 is 0 Å². The first-order chi connectivity index (χ1) is 11.0. The van der Waals surface area contributed by atoms with Gasteiger partial charge in [-0.05, 0) is 31.9 Å². The molecule has 0 bridgehead atoms. The molecule has 1 saturated heterocycles. The minimum absolute atomic E-state index is 0.0674. The molecule has 3 rings (SSSR count). The Morgan fingerprint density at radius 1 is 1.43 bits per heavy atom. The Morgan fingerprint density at radius 2 is 2.22 bits per heavy atom. The van der Waals surface area contributed by atoms with E-state index in [1.54, 1.807) is 4.68 Å². The number of aromatic nitrogens is 2. The van der Waals surface area contributed by atoms with E-state index in [0.717, 1.165) is 17.7 Å². The number of nitrogens with one attached hydrogen (secondary N) is 3. The number of hydrogen-bond donors (Lipinski definition) is 3. The lowest BCUT2D eigenvalue weighted by Crippen LogP contribution is -2.40. The van der Waals surface area contributed by atoms with Crippen LogP contribution in [0.4, 0.5) is 5.82 Å². The summed E-state index contributed by atoms with van der Waals surface area (Å²) >= 11 is 6.21. The lowest BCUT2D eigenvalue weighted by atomic mass is 10.1. The molecule has 23 heavy (non-hydrogen) atoms. The number of carbonyl (C=O) groups excluding carboxylic acids is 1. The maximum Gasteiger partial charge on any atom is 0.244 e. The first-order valence-corrected chi connectivity index (χ1v) is 8.00. The Hall–Kier alpha value is -1.89. The van der Waals surface area contributed by atoms with Gasteiger partial charge in [0.1, 0.15) is 11.9 Å². The average molecular weight is 334 g/mol. The van der Waals surface area contributed by atoms with Gasteiger partial charge in [-0.1, -0.05) is 29.8 Å². The molecular formula is C16H20ClN5O. The van der Waals surface area contributed by atoms with Gasteiger partial charge in [0.2, 0.25) is 5.91 Å². The predicted molar refractivity (Wildman–Crippen MR) is 90.3 cm³/mol. The number of anilines is 1. The summed E-state index contributed by atoms with van der Waals surface area (Å²) < 4.78 is 1.76. The first kappa shape index (κ1) is 16.0. The summed E-state index contributed by atoms with van der Waals surface area (Å²) in [6.07, 6.45) is 0.753. The van der Waals surface area contributed by atoms with E-state index in [0.29, 0.717) is 17.4 Å². The molecule has 0 aliphatic carbocycles. The minimum atomic E-state index is -0.242. The molecule has 0 radical (unpaired) electrons. The van der Waals surface area contributed by atoms with Crippen LogP contribution < -0.4 is 16.2 Å². The number of hydrogen-bond acceptors (Lipinski definition) is 4. The minimum Gasteiger partial charge on any atom is -0.309 e. The van der Waals surface area contributed by atoms with Gasteiger partial charge in [-0.25, -0.2) is 10.1 Å². The predicted octanol–water partition coefficient (Wildman–Crippen LogP) is 2.09. The molecular weight excluding hydrogens is 314 g/mol. The van der Waals surface area contributed by atoms with E-state index in [4.69, 9.17) is 11.6 Å². The van der Waals surface area contributed by atoms with E-state index in [1.807, 2.05) is 44.2 Å². The normalized spacial score (nSPS) is 20.7. The van der Waals surface area contributed by atoms with Crippen LogP contribution in [0.2, 0.25) is 5.02 Å². The third-order valence-corrected chi connectivity index (χ3v) is 4.21. The van der Waals surface area contributed by atoms with Gasteiger partial charge in [-0.15, -0.1) is 0 Å². The second kappa shape index (κ2) is 6.70. The summed E-state index contributed by atoms with van der Waals surface area (Å²) in [5.41, 5.74) is 7.86. The molecule has 1 aliphatic heterocycles. The lowest BCUT2D eigenvalue weighted by Gasteiger charge is -2.13. The first-order valence-electron chi connectivity index (χ1n) is 7.62. The highest BCUT2D eigenvalue weighted by atomic mass is 35.5. The summed E-state index contributed by atoms with van der Waals surface area (Å²) in [6.45, 7) is 4.44. The zero-order valence-electron chi connectivity index (χ0n) is 13.1. The van der Waals surface area contributed by atoms with Gasteiger partial charge in [-0.2, -0.15) is 5.10 Å².